The number of benzene rings is 2. The summed E-state index contributed by atoms with van der Waals surface area (Å²) < 4.78 is 23.0. The molecular weight excluding hydrogens is 418 g/mol. The highest BCUT2D eigenvalue weighted by Crippen LogP contribution is 2.29. The van der Waals surface area contributed by atoms with Gasteiger partial charge in [-0.25, -0.2) is 13.2 Å². The molecule has 0 aromatic heterocycles. The third-order valence-corrected chi connectivity index (χ3v) is 5.94. The van der Waals surface area contributed by atoms with Crippen LogP contribution in [0, 0.1) is 0 Å². The molecule has 2 aromatic carbocycles. The molecule has 29 heavy (non-hydrogen) atoms. The van der Waals surface area contributed by atoms with Crippen molar-refractivity contribution in [1.82, 2.24) is 10.2 Å². The van der Waals surface area contributed by atoms with Crippen molar-refractivity contribution in [3.8, 4) is 0 Å². The van der Waals surface area contributed by atoms with Gasteiger partial charge in [0.2, 0.25) is 5.91 Å². The number of halogens is 1. The Labute approximate surface area is 172 Å². The Morgan fingerprint density at radius 2 is 1.69 bits per heavy atom. The normalized spacial score (nSPS) is 19.2. The zero-order valence-corrected chi connectivity index (χ0v) is 17.2. The van der Waals surface area contributed by atoms with Crippen LogP contribution in [0.5, 0.6) is 0 Å². The van der Waals surface area contributed by atoms with Crippen molar-refractivity contribution in [3.05, 3.63) is 59.1 Å². The van der Waals surface area contributed by atoms with Crippen LogP contribution in [0.15, 0.2) is 53.4 Å². The molecule has 0 spiro atoms. The highest BCUT2D eigenvalue weighted by molar-refractivity contribution is 7.90. The lowest BCUT2D eigenvalue weighted by molar-refractivity contribution is -0.133. The van der Waals surface area contributed by atoms with Crippen molar-refractivity contribution >= 4 is 45.0 Å². The molecular formula is C19H18ClN3O5S. The van der Waals surface area contributed by atoms with E-state index in [0.717, 1.165) is 11.2 Å². The molecule has 2 N–H and O–H groups in total. The van der Waals surface area contributed by atoms with Crippen LogP contribution in [-0.2, 0) is 25.0 Å². The second kappa shape index (κ2) is 7.49. The number of anilines is 1. The van der Waals surface area contributed by atoms with Crippen LogP contribution in [-0.4, -0.2) is 44.0 Å². The average molecular weight is 436 g/mol. The first-order chi connectivity index (χ1) is 13.5. The first-order valence-electron chi connectivity index (χ1n) is 8.51. The number of carbonyl (C=O) groups excluding carboxylic acids is 3. The van der Waals surface area contributed by atoms with Crippen LogP contribution in [0.1, 0.15) is 12.5 Å². The van der Waals surface area contributed by atoms with Gasteiger partial charge in [0.25, 0.3) is 5.91 Å². The summed E-state index contributed by atoms with van der Waals surface area (Å²) in [5, 5.41) is 5.64. The minimum Gasteiger partial charge on any atom is -0.325 e. The molecule has 3 rings (SSSR count). The van der Waals surface area contributed by atoms with Gasteiger partial charge in [0.15, 0.2) is 9.84 Å². The monoisotopic (exact) mass is 435 g/mol. The summed E-state index contributed by atoms with van der Waals surface area (Å²) in [6.45, 7) is 1.07. The number of rotatable bonds is 5. The summed E-state index contributed by atoms with van der Waals surface area (Å²) in [5.41, 5.74) is -0.423. The van der Waals surface area contributed by atoms with Crippen LogP contribution in [0.25, 0.3) is 0 Å². The van der Waals surface area contributed by atoms with E-state index in [1.807, 2.05) is 0 Å². The van der Waals surface area contributed by atoms with Gasteiger partial charge in [0.05, 0.1) is 4.90 Å². The Kier molecular flexibility index (Phi) is 5.38. The minimum atomic E-state index is -3.35. The zero-order chi connectivity index (χ0) is 21.4. The molecule has 0 bridgehead atoms. The van der Waals surface area contributed by atoms with Gasteiger partial charge in [-0.1, -0.05) is 23.7 Å². The fourth-order valence-corrected chi connectivity index (χ4v) is 3.71. The Morgan fingerprint density at radius 3 is 2.24 bits per heavy atom. The highest BCUT2D eigenvalue weighted by atomic mass is 35.5. The maximum atomic E-state index is 12.8. The molecule has 4 amide bonds. The number of urea groups is 1. The Hall–Kier alpha value is -2.91. The van der Waals surface area contributed by atoms with Crippen molar-refractivity contribution < 1.29 is 22.8 Å². The molecule has 1 heterocycles. The molecule has 152 valence electrons. The molecule has 1 aliphatic rings. The second-order valence-electron chi connectivity index (χ2n) is 6.80. The van der Waals surface area contributed by atoms with Gasteiger partial charge < -0.3 is 10.6 Å². The molecule has 1 atom stereocenters. The van der Waals surface area contributed by atoms with E-state index in [2.05, 4.69) is 10.6 Å². The predicted molar refractivity (Wildman–Crippen MR) is 107 cm³/mol. The van der Waals surface area contributed by atoms with Gasteiger partial charge in [-0.2, -0.15) is 0 Å². The maximum absolute atomic E-state index is 12.8. The molecule has 0 saturated carbocycles. The number of carbonyl (C=O) groups is 3. The van der Waals surface area contributed by atoms with E-state index in [4.69, 9.17) is 11.6 Å². The minimum absolute atomic E-state index is 0.114. The molecule has 10 heteroatoms. The van der Waals surface area contributed by atoms with Gasteiger partial charge >= 0.3 is 6.03 Å². The number of imide groups is 1. The molecule has 0 radical (unpaired) electrons. The number of nitrogens with zero attached hydrogens (tertiary/aromatic N) is 1. The quantitative estimate of drug-likeness (QED) is 0.699. The molecule has 1 saturated heterocycles. The van der Waals surface area contributed by atoms with Crippen LogP contribution in [0.4, 0.5) is 10.5 Å². The van der Waals surface area contributed by atoms with Crippen molar-refractivity contribution in [2.75, 3.05) is 18.1 Å². The number of hydrogen-bond acceptors (Lipinski definition) is 5. The van der Waals surface area contributed by atoms with E-state index < -0.39 is 39.8 Å². The predicted octanol–water partition coefficient (Wildman–Crippen LogP) is 2.15. The van der Waals surface area contributed by atoms with E-state index >= 15 is 0 Å². The highest BCUT2D eigenvalue weighted by Gasteiger charge is 2.49. The van der Waals surface area contributed by atoms with Crippen LogP contribution in [0.3, 0.4) is 0 Å². The molecule has 2 aromatic rings. The van der Waals surface area contributed by atoms with Crippen LogP contribution >= 0.6 is 11.6 Å². The SMILES string of the molecule is CC1(c2ccc(Cl)cc2)NC(=O)N(CC(=O)Nc2ccc(S(C)(=O)=O)cc2)C1=O. The number of amides is 4. The standard InChI is InChI=1S/C19H18ClN3O5S/c1-19(12-3-5-13(20)6-4-12)17(25)23(18(26)22-19)11-16(24)21-14-7-9-15(10-8-14)29(2,27)28/h3-10H,11H2,1-2H3,(H,21,24)(H,22,26). The lowest BCUT2D eigenvalue weighted by Crippen LogP contribution is -2.42. The summed E-state index contributed by atoms with van der Waals surface area (Å²) in [5.74, 6) is -1.16. The fourth-order valence-electron chi connectivity index (χ4n) is 2.95. The van der Waals surface area contributed by atoms with Crippen LogP contribution < -0.4 is 10.6 Å². The van der Waals surface area contributed by atoms with Gasteiger partial charge in [-0.15, -0.1) is 0 Å². The van der Waals surface area contributed by atoms with E-state index in [1.165, 1.54) is 24.3 Å². The van der Waals surface area contributed by atoms with E-state index in [1.54, 1.807) is 31.2 Å². The van der Waals surface area contributed by atoms with Gasteiger partial charge in [-0.3, -0.25) is 14.5 Å². The van der Waals surface area contributed by atoms with Crippen LogP contribution in [0.2, 0.25) is 5.02 Å². The average Bonchev–Trinajstić information content (AvgIpc) is 2.86. The van der Waals surface area contributed by atoms with Gasteiger partial charge in [-0.05, 0) is 48.9 Å². The number of sulfone groups is 1. The Bertz CT molecular complexity index is 1080. The Morgan fingerprint density at radius 1 is 1.10 bits per heavy atom. The molecule has 1 aliphatic heterocycles. The first-order valence-corrected chi connectivity index (χ1v) is 10.8. The summed E-state index contributed by atoms with van der Waals surface area (Å²) >= 11 is 5.87. The van der Waals surface area contributed by atoms with Crippen molar-refractivity contribution in [1.29, 1.82) is 0 Å². The number of hydrogen-bond donors (Lipinski definition) is 2. The van der Waals surface area contributed by atoms with Crippen molar-refractivity contribution in [3.63, 3.8) is 0 Å². The summed E-state index contributed by atoms with van der Waals surface area (Å²) in [7, 11) is -3.35. The molecule has 0 aliphatic carbocycles. The lowest BCUT2D eigenvalue weighted by atomic mass is 9.92. The second-order valence-corrected chi connectivity index (χ2v) is 9.25. The third kappa shape index (κ3) is 4.25. The van der Waals surface area contributed by atoms with Gasteiger partial charge in [0, 0.05) is 17.0 Å². The largest absolute Gasteiger partial charge is 0.325 e. The van der Waals surface area contributed by atoms with E-state index in [0.29, 0.717) is 16.3 Å². The maximum Gasteiger partial charge on any atom is 0.325 e. The molecule has 8 nitrogen and oxygen atoms in total. The summed E-state index contributed by atoms with van der Waals surface area (Å²) in [4.78, 5) is 38.4. The lowest BCUT2D eigenvalue weighted by Gasteiger charge is -2.22. The van der Waals surface area contributed by atoms with E-state index in [-0.39, 0.29) is 4.90 Å². The molecule has 1 unspecified atom stereocenters. The fraction of sp³-hybridized carbons (Fsp3) is 0.211. The van der Waals surface area contributed by atoms with Gasteiger partial charge in [0.1, 0.15) is 12.1 Å². The number of nitrogens with one attached hydrogen (secondary N) is 2. The van der Waals surface area contributed by atoms with E-state index in [9.17, 15) is 22.8 Å². The van der Waals surface area contributed by atoms with Crippen molar-refractivity contribution in [2.45, 2.75) is 17.4 Å². The zero-order valence-electron chi connectivity index (χ0n) is 15.6. The summed E-state index contributed by atoms with van der Waals surface area (Å²) in [6, 6.07) is 11.4. The topological polar surface area (TPSA) is 113 Å². The summed E-state index contributed by atoms with van der Waals surface area (Å²) in [6.07, 6.45) is 1.08. The Balaban J connectivity index is 1.71. The molecule has 1 fully saturated rings. The van der Waals surface area contributed by atoms with Crippen molar-refractivity contribution in [2.24, 2.45) is 0 Å². The first kappa shape index (κ1) is 20.8. The smallest absolute Gasteiger partial charge is 0.325 e. The third-order valence-electron chi connectivity index (χ3n) is 4.56.